The number of carbonyl (C=O) groups excluding carboxylic acids is 1. The van der Waals surface area contributed by atoms with Crippen LogP contribution in [0, 0.1) is 10.1 Å². The van der Waals surface area contributed by atoms with Gasteiger partial charge in [-0.3, -0.25) is 14.9 Å². The fraction of sp³-hybridized carbons (Fsp3) is 0.417. The molecule has 0 bridgehead atoms. The Kier molecular flexibility index (Phi) is 3.29. The molecule has 0 unspecified atom stereocenters. The number of benzene rings is 1. The normalized spacial score (nSPS) is 16.1. The number of non-ortho nitro benzene ring substituents is 1. The molecule has 6 nitrogen and oxygen atoms in total. The van der Waals surface area contributed by atoms with E-state index in [1.807, 2.05) is 0 Å². The maximum atomic E-state index is 11.7. The summed E-state index contributed by atoms with van der Waals surface area (Å²) in [6, 6.07) is 5.88. The number of rotatable bonds is 5. The first kappa shape index (κ1) is 12.5. The zero-order valence-electron chi connectivity index (χ0n) is 9.76. The highest BCUT2D eigenvalue weighted by molar-refractivity contribution is 5.79. The number of amides is 1. The molecule has 6 heteroatoms. The van der Waals surface area contributed by atoms with Gasteiger partial charge in [-0.15, -0.1) is 0 Å². The van der Waals surface area contributed by atoms with Gasteiger partial charge >= 0.3 is 0 Å². The third kappa shape index (κ3) is 2.84. The Morgan fingerprint density at radius 1 is 1.39 bits per heavy atom. The zero-order chi connectivity index (χ0) is 13.2. The molecular formula is C12H14N2O4. The Bertz CT molecular complexity index is 465. The Morgan fingerprint density at radius 3 is 2.44 bits per heavy atom. The van der Waals surface area contributed by atoms with Crippen LogP contribution in [-0.2, 0) is 11.2 Å². The maximum absolute atomic E-state index is 11.7. The lowest BCUT2D eigenvalue weighted by atomic mass is 10.1. The topological polar surface area (TPSA) is 92.5 Å². The van der Waals surface area contributed by atoms with Crippen molar-refractivity contribution in [1.29, 1.82) is 0 Å². The minimum Gasteiger partial charge on any atom is -0.394 e. The highest BCUT2D eigenvalue weighted by Gasteiger charge is 2.43. The summed E-state index contributed by atoms with van der Waals surface area (Å²) < 4.78 is 0. The van der Waals surface area contributed by atoms with Gasteiger partial charge in [0, 0.05) is 12.1 Å². The fourth-order valence-corrected chi connectivity index (χ4v) is 1.73. The number of hydrogen-bond donors (Lipinski definition) is 2. The van der Waals surface area contributed by atoms with Gasteiger partial charge in [-0.2, -0.15) is 0 Å². The second-order valence-corrected chi connectivity index (χ2v) is 4.59. The summed E-state index contributed by atoms with van der Waals surface area (Å²) in [7, 11) is 0. The molecule has 1 aliphatic rings. The number of nitro groups is 1. The molecule has 1 fully saturated rings. The number of aliphatic hydroxyl groups is 1. The average molecular weight is 250 g/mol. The molecular weight excluding hydrogens is 236 g/mol. The predicted molar refractivity (Wildman–Crippen MR) is 64.0 cm³/mol. The minimum absolute atomic E-state index is 0.00757. The van der Waals surface area contributed by atoms with Crippen molar-refractivity contribution >= 4 is 11.6 Å². The molecule has 1 saturated carbocycles. The van der Waals surface area contributed by atoms with E-state index >= 15 is 0 Å². The smallest absolute Gasteiger partial charge is 0.269 e. The summed E-state index contributed by atoms with van der Waals surface area (Å²) in [6.07, 6.45) is 1.77. The summed E-state index contributed by atoms with van der Waals surface area (Å²) in [5.41, 5.74) is 0.303. The van der Waals surface area contributed by atoms with Crippen LogP contribution in [-0.4, -0.2) is 28.1 Å². The van der Waals surface area contributed by atoms with Crippen LogP contribution in [0.1, 0.15) is 18.4 Å². The quantitative estimate of drug-likeness (QED) is 0.596. The Hall–Kier alpha value is -1.95. The van der Waals surface area contributed by atoms with Crippen LogP contribution in [0.3, 0.4) is 0 Å². The van der Waals surface area contributed by atoms with Crippen molar-refractivity contribution in [3.05, 3.63) is 39.9 Å². The van der Waals surface area contributed by atoms with E-state index in [9.17, 15) is 14.9 Å². The summed E-state index contributed by atoms with van der Waals surface area (Å²) in [5.74, 6) is -0.171. The maximum Gasteiger partial charge on any atom is 0.269 e. The number of nitro benzene ring substituents is 1. The molecule has 0 saturated heterocycles. The van der Waals surface area contributed by atoms with Crippen LogP contribution in [0.15, 0.2) is 24.3 Å². The molecule has 0 spiro atoms. The van der Waals surface area contributed by atoms with E-state index in [0.717, 1.165) is 12.8 Å². The highest BCUT2D eigenvalue weighted by Crippen LogP contribution is 2.34. The molecule has 18 heavy (non-hydrogen) atoms. The Balaban J connectivity index is 1.93. The lowest BCUT2D eigenvalue weighted by Gasteiger charge is -2.13. The van der Waals surface area contributed by atoms with Crippen LogP contribution in [0.5, 0.6) is 0 Å². The van der Waals surface area contributed by atoms with E-state index in [-0.39, 0.29) is 24.6 Å². The summed E-state index contributed by atoms with van der Waals surface area (Å²) in [5, 5.41) is 22.3. The second kappa shape index (κ2) is 4.73. The van der Waals surface area contributed by atoms with Crippen molar-refractivity contribution in [2.75, 3.05) is 6.61 Å². The van der Waals surface area contributed by atoms with Gasteiger partial charge in [-0.25, -0.2) is 0 Å². The van der Waals surface area contributed by atoms with Gasteiger partial charge in [0.05, 0.1) is 23.5 Å². The molecule has 2 rings (SSSR count). The lowest BCUT2D eigenvalue weighted by molar-refractivity contribution is -0.384. The molecule has 1 aromatic rings. The Morgan fingerprint density at radius 2 is 2.00 bits per heavy atom. The van der Waals surface area contributed by atoms with E-state index in [4.69, 9.17) is 5.11 Å². The molecule has 0 atom stereocenters. The van der Waals surface area contributed by atoms with Gasteiger partial charge in [0.2, 0.25) is 5.91 Å². The predicted octanol–water partition coefficient (Wildman–Crippen LogP) is 0.778. The Labute approximate surface area is 104 Å². The van der Waals surface area contributed by atoms with Crippen molar-refractivity contribution in [3.63, 3.8) is 0 Å². The molecule has 1 aromatic carbocycles. The summed E-state index contributed by atoms with van der Waals surface area (Å²) >= 11 is 0. The number of carbonyl (C=O) groups is 1. The van der Waals surface area contributed by atoms with E-state index in [1.165, 1.54) is 12.1 Å². The number of hydrogen-bond acceptors (Lipinski definition) is 4. The second-order valence-electron chi connectivity index (χ2n) is 4.59. The van der Waals surface area contributed by atoms with Crippen LogP contribution in [0.2, 0.25) is 0 Å². The van der Waals surface area contributed by atoms with Crippen LogP contribution >= 0.6 is 0 Å². The molecule has 0 aromatic heterocycles. The van der Waals surface area contributed by atoms with Crippen LogP contribution in [0.4, 0.5) is 5.69 Å². The minimum atomic E-state index is -0.477. The van der Waals surface area contributed by atoms with Gasteiger partial charge in [0.1, 0.15) is 0 Å². The summed E-state index contributed by atoms with van der Waals surface area (Å²) in [4.78, 5) is 21.7. The highest BCUT2D eigenvalue weighted by atomic mass is 16.6. The molecule has 0 heterocycles. The molecule has 1 aliphatic carbocycles. The number of aliphatic hydroxyl groups excluding tert-OH is 1. The van der Waals surface area contributed by atoms with Gasteiger partial charge in [0.15, 0.2) is 0 Å². The van der Waals surface area contributed by atoms with Gasteiger partial charge < -0.3 is 10.4 Å². The number of nitrogens with one attached hydrogen (secondary N) is 1. The zero-order valence-corrected chi connectivity index (χ0v) is 9.76. The average Bonchev–Trinajstić information content (AvgIpc) is 3.10. The van der Waals surface area contributed by atoms with Crippen LogP contribution < -0.4 is 5.32 Å². The van der Waals surface area contributed by atoms with Gasteiger partial charge in [-0.05, 0) is 18.4 Å². The third-order valence-electron chi connectivity index (χ3n) is 3.07. The molecule has 0 aliphatic heterocycles. The fourth-order valence-electron chi connectivity index (χ4n) is 1.73. The first-order valence-corrected chi connectivity index (χ1v) is 5.70. The van der Waals surface area contributed by atoms with Crippen molar-refractivity contribution in [3.8, 4) is 0 Å². The molecule has 2 N–H and O–H groups in total. The summed E-state index contributed by atoms with van der Waals surface area (Å²) in [6.45, 7) is -0.0427. The molecule has 0 radical (unpaired) electrons. The van der Waals surface area contributed by atoms with Gasteiger partial charge in [-0.1, -0.05) is 12.1 Å². The van der Waals surface area contributed by atoms with Crippen molar-refractivity contribution in [2.45, 2.75) is 24.8 Å². The van der Waals surface area contributed by atoms with E-state index in [1.54, 1.807) is 12.1 Å². The molecule has 96 valence electrons. The van der Waals surface area contributed by atoms with E-state index in [2.05, 4.69) is 5.32 Å². The van der Waals surface area contributed by atoms with Gasteiger partial charge in [0.25, 0.3) is 5.69 Å². The third-order valence-corrected chi connectivity index (χ3v) is 3.07. The van der Waals surface area contributed by atoms with Crippen molar-refractivity contribution in [1.82, 2.24) is 5.32 Å². The van der Waals surface area contributed by atoms with E-state index in [0.29, 0.717) is 5.56 Å². The monoisotopic (exact) mass is 250 g/mol. The SMILES string of the molecule is O=C(Cc1ccc([N+](=O)[O-])cc1)NC1(CO)CC1. The molecule has 1 amide bonds. The van der Waals surface area contributed by atoms with Crippen molar-refractivity contribution in [2.24, 2.45) is 0 Å². The van der Waals surface area contributed by atoms with Crippen molar-refractivity contribution < 1.29 is 14.8 Å². The lowest BCUT2D eigenvalue weighted by Crippen LogP contribution is -2.40. The van der Waals surface area contributed by atoms with E-state index < -0.39 is 10.5 Å². The van der Waals surface area contributed by atoms with Crippen LogP contribution in [0.25, 0.3) is 0 Å². The standard InChI is InChI=1S/C12H14N2O4/c15-8-12(5-6-12)13-11(16)7-9-1-3-10(4-2-9)14(17)18/h1-4,15H,5-8H2,(H,13,16). The number of nitrogens with zero attached hydrogens (tertiary/aromatic N) is 1. The first-order chi connectivity index (χ1) is 8.54. The largest absolute Gasteiger partial charge is 0.394 e. The first-order valence-electron chi connectivity index (χ1n) is 5.70.